The molecule has 0 spiro atoms. The highest BCUT2D eigenvalue weighted by atomic mass is 19.1. The van der Waals surface area contributed by atoms with E-state index >= 15 is 0 Å². The monoisotopic (exact) mass is 310 g/mol. The van der Waals surface area contributed by atoms with E-state index in [1.54, 1.807) is 12.1 Å². The minimum absolute atomic E-state index is 0.131. The van der Waals surface area contributed by atoms with Crippen molar-refractivity contribution in [3.05, 3.63) is 65.7 Å². The average molecular weight is 310 g/mol. The van der Waals surface area contributed by atoms with Gasteiger partial charge >= 0.3 is 0 Å². The zero-order chi connectivity index (χ0) is 16.2. The highest BCUT2D eigenvalue weighted by Crippen LogP contribution is 2.14. The quantitative estimate of drug-likeness (QED) is 0.594. The number of nitrogens with zero attached hydrogens (tertiary/aromatic N) is 3. The predicted molar refractivity (Wildman–Crippen MR) is 86.6 cm³/mol. The van der Waals surface area contributed by atoms with Crippen LogP contribution < -0.4 is 5.43 Å². The Morgan fingerprint density at radius 2 is 2.00 bits per heavy atom. The number of amides is 1. The molecule has 3 rings (SSSR count). The molecular weight excluding hydrogens is 295 g/mol. The Morgan fingerprint density at radius 3 is 2.74 bits per heavy atom. The maximum absolute atomic E-state index is 12.8. The molecule has 0 unspecified atom stereocenters. The number of hydrogen-bond acceptors (Lipinski definition) is 3. The summed E-state index contributed by atoms with van der Waals surface area (Å²) < 4.78 is 14.7. The summed E-state index contributed by atoms with van der Waals surface area (Å²) in [6, 6.07) is 13.5. The Labute approximate surface area is 132 Å². The van der Waals surface area contributed by atoms with E-state index in [1.807, 2.05) is 35.9 Å². The second-order valence-corrected chi connectivity index (χ2v) is 5.10. The molecule has 0 aliphatic carbocycles. The summed E-state index contributed by atoms with van der Waals surface area (Å²) in [6.45, 7) is 0. The van der Waals surface area contributed by atoms with Gasteiger partial charge in [-0.15, -0.1) is 0 Å². The molecule has 1 amide bonds. The molecule has 0 aliphatic heterocycles. The highest BCUT2D eigenvalue weighted by Gasteiger charge is 2.10. The molecule has 0 radical (unpaired) electrons. The van der Waals surface area contributed by atoms with Gasteiger partial charge in [-0.3, -0.25) is 4.79 Å². The molecule has 5 nitrogen and oxygen atoms in total. The van der Waals surface area contributed by atoms with Crippen molar-refractivity contribution in [1.29, 1.82) is 0 Å². The highest BCUT2D eigenvalue weighted by molar-refractivity contribution is 5.84. The molecule has 3 aromatic rings. The van der Waals surface area contributed by atoms with Gasteiger partial charge in [0.05, 0.1) is 23.7 Å². The van der Waals surface area contributed by atoms with Crippen LogP contribution in [-0.4, -0.2) is 21.7 Å². The van der Waals surface area contributed by atoms with Crippen molar-refractivity contribution in [2.45, 2.75) is 6.42 Å². The smallest absolute Gasteiger partial charge is 0.247 e. The van der Waals surface area contributed by atoms with Gasteiger partial charge in [0.15, 0.2) is 0 Å². The van der Waals surface area contributed by atoms with Crippen molar-refractivity contribution < 1.29 is 9.18 Å². The van der Waals surface area contributed by atoms with Crippen molar-refractivity contribution in [3.8, 4) is 0 Å². The van der Waals surface area contributed by atoms with E-state index in [2.05, 4.69) is 15.5 Å². The number of nitrogens with one attached hydrogen (secondary N) is 1. The lowest BCUT2D eigenvalue weighted by atomic mass is 10.2. The first-order chi connectivity index (χ1) is 11.1. The maximum atomic E-state index is 12.8. The van der Waals surface area contributed by atoms with Gasteiger partial charge in [-0.2, -0.15) is 5.10 Å². The van der Waals surface area contributed by atoms with E-state index in [-0.39, 0.29) is 18.1 Å². The van der Waals surface area contributed by atoms with Crippen LogP contribution in [0.2, 0.25) is 0 Å². The van der Waals surface area contributed by atoms with Gasteiger partial charge in [0, 0.05) is 7.05 Å². The summed E-state index contributed by atoms with van der Waals surface area (Å²) in [5.74, 6) is 0.0930. The fourth-order valence-electron chi connectivity index (χ4n) is 2.26. The van der Waals surface area contributed by atoms with Crippen molar-refractivity contribution in [3.63, 3.8) is 0 Å². The third-order valence-electron chi connectivity index (χ3n) is 3.47. The van der Waals surface area contributed by atoms with E-state index < -0.39 is 0 Å². The van der Waals surface area contributed by atoms with Gasteiger partial charge in [0.2, 0.25) is 5.91 Å². The first-order valence-corrected chi connectivity index (χ1v) is 7.11. The van der Waals surface area contributed by atoms with Crippen LogP contribution in [0.3, 0.4) is 0 Å². The van der Waals surface area contributed by atoms with E-state index in [0.717, 1.165) is 11.0 Å². The molecule has 116 valence electrons. The minimum Gasteiger partial charge on any atom is -0.331 e. The van der Waals surface area contributed by atoms with Gasteiger partial charge in [-0.1, -0.05) is 24.3 Å². The number of halogens is 1. The van der Waals surface area contributed by atoms with Crippen LogP contribution in [0, 0.1) is 5.82 Å². The molecule has 23 heavy (non-hydrogen) atoms. The van der Waals surface area contributed by atoms with Crippen molar-refractivity contribution in [2.75, 3.05) is 0 Å². The summed E-state index contributed by atoms with van der Waals surface area (Å²) >= 11 is 0. The van der Waals surface area contributed by atoms with Crippen LogP contribution in [0.15, 0.2) is 53.6 Å². The van der Waals surface area contributed by atoms with E-state index in [0.29, 0.717) is 11.4 Å². The number of aryl methyl sites for hydroxylation is 1. The molecule has 6 heteroatoms. The summed E-state index contributed by atoms with van der Waals surface area (Å²) in [6.07, 6.45) is 1.60. The van der Waals surface area contributed by atoms with Crippen molar-refractivity contribution >= 4 is 23.2 Å². The lowest BCUT2D eigenvalue weighted by Gasteiger charge is -2.01. The third kappa shape index (κ3) is 3.42. The molecule has 0 saturated carbocycles. The van der Waals surface area contributed by atoms with Gasteiger partial charge in [-0.25, -0.2) is 14.8 Å². The topological polar surface area (TPSA) is 59.3 Å². The average Bonchev–Trinajstić information content (AvgIpc) is 2.86. The van der Waals surface area contributed by atoms with Gasteiger partial charge in [-0.05, 0) is 29.8 Å². The maximum Gasteiger partial charge on any atom is 0.247 e. The Morgan fingerprint density at radius 1 is 1.26 bits per heavy atom. The minimum atomic E-state index is -0.312. The molecule has 0 saturated heterocycles. The number of carbonyl (C=O) groups is 1. The van der Waals surface area contributed by atoms with Gasteiger partial charge in [0.1, 0.15) is 11.6 Å². The van der Waals surface area contributed by atoms with Crippen molar-refractivity contribution in [2.24, 2.45) is 12.1 Å². The lowest BCUT2D eigenvalue weighted by Crippen LogP contribution is -2.21. The Balaban J connectivity index is 1.64. The summed E-state index contributed by atoms with van der Waals surface area (Å²) in [4.78, 5) is 16.4. The third-order valence-corrected chi connectivity index (χ3v) is 3.47. The first kappa shape index (κ1) is 14.9. The normalized spacial score (nSPS) is 11.2. The molecule has 0 fully saturated rings. The number of rotatable bonds is 4. The molecule has 2 aromatic carbocycles. The standard InChI is InChI=1S/C17H15FN4O/c1-22-15-5-3-2-4-14(15)20-16(22)10-17(23)21-19-11-12-6-8-13(18)9-7-12/h2-9,11H,10H2,1H3,(H,21,23)/b19-11+. The number of hydrogen-bond donors (Lipinski definition) is 1. The van der Waals surface area contributed by atoms with Crippen LogP contribution in [0.1, 0.15) is 11.4 Å². The van der Waals surface area contributed by atoms with Crippen LogP contribution in [-0.2, 0) is 18.3 Å². The Kier molecular flexibility index (Phi) is 4.14. The number of carbonyl (C=O) groups excluding carboxylic acids is 1. The van der Waals surface area contributed by atoms with Crippen LogP contribution in [0.25, 0.3) is 11.0 Å². The fourth-order valence-corrected chi connectivity index (χ4v) is 2.26. The zero-order valence-electron chi connectivity index (χ0n) is 12.5. The molecule has 0 aliphatic rings. The number of hydrazone groups is 1. The molecule has 1 aromatic heterocycles. The fraction of sp³-hybridized carbons (Fsp3) is 0.118. The number of imidazole rings is 1. The predicted octanol–water partition coefficient (Wildman–Crippen LogP) is 2.41. The second-order valence-electron chi connectivity index (χ2n) is 5.10. The molecule has 1 N–H and O–H groups in total. The molecule has 0 bridgehead atoms. The number of para-hydroxylation sites is 2. The Bertz CT molecular complexity index is 868. The SMILES string of the molecule is Cn1c(CC(=O)N/N=C/c2ccc(F)cc2)nc2ccccc21. The first-order valence-electron chi connectivity index (χ1n) is 7.11. The summed E-state index contributed by atoms with van der Waals surface area (Å²) in [5, 5.41) is 3.87. The number of benzene rings is 2. The molecule has 1 heterocycles. The summed E-state index contributed by atoms with van der Waals surface area (Å²) in [7, 11) is 1.87. The van der Waals surface area contributed by atoms with E-state index in [1.165, 1.54) is 18.3 Å². The molecule has 0 atom stereocenters. The van der Waals surface area contributed by atoms with E-state index in [4.69, 9.17) is 0 Å². The summed E-state index contributed by atoms with van der Waals surface area (Å²) in [5.41, 5.74) is 4.98. The number of aromatic nitrogens is 2. The number of fused-ring (bicyclic) bond motifs is 1. The van der Waals surface area contributed by atoms with Crippen molar-refractivity contribution in [1.82, 2.24) is 15.0 Å². The molecular formula is C17H15FN4O. The lowest BCUT2D eigenvalue weighted by molar-refractivity contribution is -0.120. The Hall–Kier alpha value is -3.02. The van der Waals surface area contributed by atoms with Crippen LogP contribution in [0.4, 0.5) is 4.39 Å². The largest absolute Gasteiger partial charge is 0.331 e. The van der Waals surface area contributed by atoms with Crippen LogP contribution in [0.5, 0.6) is 0 Å². The van der Waals surface area contributed by atoms with Gasteiger partial charge < -0.3 is 4.57 Å². The zero-order valence-corrected chi connectivity index (χ0v) is 12.5. The van der Waals surface area contributed by atoms with Crippen LogP contribution >= 0.6 is 0 Å². The second kappa shape index (κ2) is 6.39. The van der Waals surface area contributed by atoms with Gasteiger partial charge in [0.25, 0.3) is 0 Å². The van der Waals surface area contributed by atoms with E-state index in [9.17, 15) is 9.18 Å².